The minimum absolute atomic E-state index is 0.100. The Morgan fingerprint density at radius 2 is 2.78 bits per heavy atom. The van der Waals surface area contributed by atoms with Crippen molar-refractivity contribution in [1.82, 2.24) is 5.17 Å². The van der Waals surface area contributed by atoms with Crippen LogP contribution in [0.5, 0.6) is 0 Å². The third-order valence-electron chi connectivity index (χ3n) is 0.917. The number of carbonyl (C=O) groups is 1. The zero-order valence-corrected chi connectivity index (χ0v) is 5.20. The molecule has 1 rings (SSSR count). The summed E-state index contributed by atoms with van der Waals surface area (Å²) < 4.78 is 0. The molecule has 0 aromatic heterocycles. The molecular formula is C5H8N2O2. The van der Waals surface area contributed by atoms with Gasteiger partial charge in [0.25, 0.3) is 5.91 Å². The van der Waals surface area contributed by atoms with Crippen LogP contribution in [0.1, 0.15) is 13.3 Å². The lowest BCUT2D eigenvalue weighted by molar-refractivity contribution is -0.180. The fourth-order valence-electron chi connectivity index (χ4n) is 0.563. The summed E-state index contributed by atoms with van der Waals surface area (Å²) in [4.78, 5) is 15.4. The molecule has 4 heteroatoms. The van der Waals surface area contributed by atoms with Gasteiger partial charge in [-0.3, -0.25) is 4.79 Å². The summed E-state index contributed by atoms with van der Waals surface area (Å²) in [7, 11) is 0. The van der Waals surface area contributed by atoms with Gasteiger partial charge in [-0.25, -0.2) is 4.84 Å². The van der Waals surface area contributed by atoms with Crippen molar-refractivity contribution in [2.45, 2.75) is 13.3 Å². The Morgan fingerprint density at radius 3 is 3.22 bits per heavy atom. The number of rotatable bonds is 2. The fraction of sp³-hybridized carbons (Fsp3) is 0.600. The highest BCUT2D eigenvalue weighted by Crippen LogP contribution is 2.01. The fourth-order valence-corrected chi connectivity index (χ4v) is 0.563. The quantitative estimate of drug-likeness (QED) is 0.531. The topological polar surface area (TPSA) is 41.9 Å². The van der Waals surface area contributed by atoms with Crippen LogP contribution >= 0.6 is 0 Å². The average Bonchev–Trinajstić information content (AvgIpc) is 2.18. The lowest BCUT2D eigenvalue weighted by Crippen LogP contribution is -2.20. The van der Waals surface area contributed by atoms with Crippen molar-refractivity contribution in [2.24, 2.45) is 5.10 Å². The Hall–Kier alpha value is -0.900. The molecule has 1 aliphatic heterocycles. The van der Waals surface area contributed by atoms with Gasteiger partial charge in [0.1, 0.15) is 0 Å². The first-order valence-corrected chi connectivity index (χ1v) is 2.83. The highest BCUT2D eigenvalue weighted by atomic mass is 16.7. The summed E-state index contributed by atoms with van der Waals surface area (Å²) in [6.45, 7) is 2.28. The second kappa shape index (κ2) is 2.59. The van der Waals surface area contributed by atoms with Crippen LogP contribution in [0.25, 0.3) is 0 Å². The molecule has 0 radical (unpaired) electrons. The average molecular weight is 128 g/mol. The Morgan fingerprint density at radius 1 is 2.00 bits per heavy atom. The number of amides is 1. The Bertz CT molecular complexity index is 144. The van der Waals surface area contributed by atoms with E-state index in [-0.39, 0.29) is 5.91 Å². The normalized spacial score (nSPS) is 17.4. The minimum atomic E-state index is -0.100. The van der Waals surface area contributed by atoms with E-state index >= 15 is 0 Å². The van der Waals surface area contributed by atoms with Crippen molar-refractivity contribution in [2.75, 3.05) is 6.61 Å². The van der Waals surface area contributed by atoms with Gasteiger partial charge in [-0.05, 0) is 6.92 Å². The lowest BCUT2D eigenvalue weighted by atomic mass is 10.5. The highest BCUT2D eigenvalue weighted by molar-refractivity contribution is 5.93. The Balaban J connectivity index is 2.40. The van der Waals surface area contributed by atoms with Crippen LogP contribution < -0.4 is 0 Å². The second-order valence-electron chi connectivity index (χ2n) is 1.59. The SMILES string of the molecule is CCON1N=CCC1=O. The maximum absolute atomic E-state index is 10.6. The number of carbonyl (C=O) groups excluding carboxylic acids is 1. The standard InChI is InChI=1S/C5H8N2O2/c1-2-9-7-5(8)3-4-6-7/h4H,2-3H2,1H3. The maximum Gasteiger partial charge on any atom is 0.274 e. The first-order valence-electron chi connectivity index (χ1n) is 2.83. The Labute approximate surface area is 53.0 Å². The van der Waals surface area contributed by atoms with E-state index in [4.69, 9.17) is 4.84 Å². The molecule has 4 nitrogen and oxygen atoms in total. The van der Waals surface area contributed by atoms with E-state index in [1.54, 1.807) is 6.92 Å². The van der Waals surface area contributed by atoms with Gasteiger partial charge in [-0.1, -0.05) is 0 Å². The van der Waals surface area contributed by atoms with Crippen LogP contribution in [0.15, 0.2) is 5.10 Å². The monoisotopic (exact) mass is 128 g/mol. The van der Waals surface area contributed by atoms with Crippen molar-refractivity contribution >= 4 is 12.1 Å². The van der Waals surface area contributed by atoms with Gasteiger partial charge in [-0.2, -0.15) is 5.10 Å². The van der Waals surface area contributed by atoms with Crippen LogP contribution in [0.2, 0.25) is 0 Å². The third kappa shape index (κ3) is 1.26. The van der Waals surface area contributed by atoms with E-state index in [1.807, 2.05) is 0 Å². The summed E-state index contributed by atoms with van der Waals surface area (Å²) in [6, 6.07) is 0. The molecule has 0 saturated carbocycles. The lowest BCUT2D eigenvalue weighted by Gasteiger charge is -2.07. The van der Waals surface area contributed by atoms with Gasteiger partial charge in [0.2, 0.25) is 0 Å². The van der Waals surface area contributed by atoms with Gasteiger partial charge >= 0.3 is 0 Å². The van der Waals surface area contributed by atoms with Gasteiger partial charge in [0.05, 0.1) is 13.0 Å². The number of hydrogen-bond donors (Lipinski definition) is 0. The Kier molecular flexibility index (Phi) is 1.79. The van der Waals surface area contributed by atoms with Crippen molar-refractivity contribution in [1.29, 1.82) is 0 Å². The van der Waals surface area contributed by atoms with Gasteiger partial charge in [-0.15, -0.1) is 5.17 Å². The highest BCUT2D eigenvalue weighted by Gasteiger charge is 2.15. The summed E-state index contributed by atoms with van der Waals surface area (Å²) in [6.07, 6.45) is 1.89. The van der Waals surface area contributed by atoms with E-state index < -0.39 is 0 Å². The molecule has 1 amide bonds. The predicted octanol–water partition coefficient (Wildman–Crippen LogP) is 0.156. The number of hydrogen-bond acceptors (Lipinski definition) is 3. The van der Waals surface area contributed by atoms with Gasteiger partial charge in [0, 0.05) is 6.21 Å². The van der Waals surface area contributed by atoms with Crippen LogP contribution in [0.3, 0.4) is 0 Å². The smallest absolute Gasteiger partial charge is 0.270 e. The molecule has 0 saturated heterocycles. The molecule has 0 atom stereocenters. The molecular weight excluding hydrogens is 120 g/mol. The first kappa shape index (κ1) is 6.22. The van der Waals surface area contributed by atoms with Crippen molar-refractivity contribution < 1.29 is 9.63 Å². The van der Waals surface area contributed by atoms with E-state index in [0.29, 0.717) is 13.0 Å². The van der Waals surface area contributed by atoms with E-state index in [0.717, 1.165) is 5.17 Å². The molecule has 0 aromatic rings. The van der Waals surface area contributed by atoms with Crippen molar-refractivity contribution in [3.63, 3.8) is 0 Å². The molecule has 0 unspecified atom stereocenters. The number of hydroxylamine groups is 1. The van der Waals surface area contributed by atoms with Gasteiger partial charge < -0.3 is 0 Å². The molecule has 9 heavy (non-hydrogen) atoms. The first-order chi connectivity index (χ1) is 4.34. The molecule has 0 fully saturated rings. The molecule has 1 aliphatic rings. The zero-order valence-electron chi connectivity index (χ0n) is 5.20. The maximum atomic E-state index is 10.6. The van der Waals surface area contributed by atoms with Crippen LogP contribution in [-0.4, -0.2) is 23.9 Å². The predicted molar refractivity (Wildman–Crippen MR) is 31.6 cm³/mol. The van der Waals surface area contributed by atoms with Crippen LogP contribution in [0.4, 0.5) is 0 Å². The number of nitrogens with zero attached hydrogens (tertiary/aromatic N) is 2. The van der Waals surface area contributed by atoms with E-state index in [1.165, 1.54) is 6.21 Å². The minimum Gasteiger partial charge on any atom is -0.270 e. The molecule has 0 aliphatic carbocycles. The van der Waals surface area contributed by atoms with Crippen LogP contribution in [-0.2, 0) is 9.63 Å². The zero-order chi connectivity index (χ0) is 6.69. The molecule has 0 N–H and O–H groups in total. The second-order valence-corrected chi connectivity index (χ2v) is 1.59. The molecule has 1 heterocycles. The van der Waals surface area contributed by atoms with Crippen molar-refractivity contribution in [3.8, 4) is 0 Å². The summed E-state index contributed by atoms with van der Waals surface area (Å²) in [5.74, 6) is -0.100. The molecule has 50 valence electrons. The number of hydrazone groups is 1. The molecule has 0 bridgehead atoms. The third-order valence-corrected chi connectivity index (χ3v) is 0.917. The molecule has 0 aromatic carbocycles. The van der Waals surface area contributed by atoms with Crippen molar-refractivity contribution in [3.05, 3.63) is 0 Å². The summed E-state index contributed by atoms with van der Waals surface area (Å²) in [5.41, 5.74) is 0. The van der Waals surface area contributed by atoms with E-state index in [9.17, 15) is 4.79 Å². The van der Waals surface area contributed by atoms with E-state index in [2.05, 4.69) is 5.10 Å². The molecule has 0 spiro atoms. The largest absolute Gasteiger partial charge is 0.274 e. The summed E-state index contributed by atoms with van der Waals surface area (Å²) >= 11 is 0. The van der Waals surface area contributed by atoms with Crippen LogP contribution in [0, 0.1) is 0 Å². The summed E-state index contributed by atoms with van der Waals surface area (Å²) in [5, 5.41) is 4.66. The van der Waals surface area contributed by atoms with Gasteiger partial charge in [0.15, 0.2) is 0 Å².